The van der Waals surface area contributed by atoms with E-state index in [0.29, 0.717) is 0 Å². The maximum atomic E-state index is 13.8. The molecular weight excluding hydrogens is 686 g/mol. The Labute approximate surface area is 267 Å². The van der Waals surface area contributed by atoms with Gasteiger partial charge in [0, 0.05) is 6.42 Å². The van der Waals surface area contributed by atoms with Crippen LogP contribution in [0.4, 0.5) is 11.8 Å². The summed E-state index contributed by atoms with van der Waals surface area (Å²) in [5, 5.41) is 0. The highest BCUT2D eigenvalue weighted by atomic mass is 32.7. The molecule has 4 aliphatic rings. The number of thiol groups is 1. The molecule has 47 heavy (non-hydrogen) atoms. The van der Waals surface area contributed by atoms with Gasteiger partial charge in [0.2, 0.25) is 5.95 Å². The lowest BCUT2D eigenvalue weighted by atomic mass is 10.0. The summed E-state index contributed by atoms with van der Waals surface area (Å²) in [4.78, 5) is 46.3. The third-order valence-corrected chi connectivity index (χ3v) is 10.8. The van der Waals surface area contributed by atoms with Crippen LogP contribution in [0.2, 0.25) is 0 Å². The van der Waals surface area contributed by atoms with Crippen molar-refractivity contribution >= 4 is 61.0 Å². The number of phosphoric acid groups is 1. The van der Waals surface area contributed by atoms with Gasteiger partial charge in [-0.2, -0.15) is 4.98 Å². The second-order valence-electron chi connectivity index (χ2n) is 11.2. The van der Waals surface area contributed by atoms with E-state index in [-0.39, 0.29) is 47.1 Å². The monoisotopic (exact) mass is 710 g/mol. The SMILES string of the molecule is C#C[C@@]12COP(=O)(O)O[C@H]3[C@H]4OC[C@]3(CO[P@@](=O)(S)O[C@H](C1)[C@H](n1cnc3c(=O)[nH]c(N)nc31)O2)O[C@H]4n1cnc2c(N)ncnc21. The number of nitrogens with zero attached hydrogens (tertiary/aromatic N) is 7. The molecule has 0 saturated carbocycles. The Kier molecular flexibility index (Phi) is 6.91. The first kappa shape index (κ1) is 30.9. The molecule has 4 aromatic rings. The van der Waals surface area contributed by atoms with Crippen LogP contribution in [0.1, 0.15) is 18.9 Å². The van der Waals surface area contributed by atoms with Gasteiger partial charge in [0.1, 0.15) is 35.8 Å². The summed E-state index contributed by atoms with van der Waals surface area (Å²) >= 11 is 4.20. The molecule has 0 aliphatic carbocycles. The fourth-order valence-electron chi connectivity index (χ4n) is 6.15. The first-order chi connectivity index (χ1) is 22.3. The molecule has 0 aromatic carbocycles. The second kappa shape index (κ2) is 10.5. The number of hydrogen-bond donors (Lipinski definition) is 5. The maximum absolute atomic E-state index is 13.8. The Morgan fingerprint density at radius 2 is 1.79 bits per heavy atom. The summed E-state index contributed by atoms with van der Waals surface area (Å²) in [7, 11) is -4.96. The quantitative estimate of drug-likeness (QED) is 0.104. The number of terminal acetylenes is 1. The van der Waals surface area contributed by atoms with E-state index in [1.165, 1.54) is 28.1 Å². The van der Waals surface area contributed by atoms with Crippen molar-refractivity contribution < 1.29 is 46.3 Å². The fraction of sp³-hybridized carbons (Fsp3) is 0.478. The number of aromatic nitrogens is 8. The third kappa shape index (κ3) is 4.98. The van der Waals surface area contributed by atoms with Crippen molar-refractivity contribution in [3.8, 4) is 12.3 Å². The molecule has 21 nitrogen and oxygen atoms in total. The van der Waals surface area contributed by atoms with Crippen molar-refractivity contribution in [2.24, 2.45) is 0 Å². The minimum Gasteiger partial charge on any atom is -0.382 e. The number of anilines is 2. The third-order valence-electron chi connectivity index (χ3n) is 8.27. The van der Waals surface area contributed by atoms with Crippen molar-refractivity contribution in [3.63, 3.8) is 0 Å². The fourth-order valence-corrected chi connectivity index (χ4v) is 8.68. The molecule has 4 aromatic heterocycles. The van der Waals surface area contributed by atoms with E-state index in [9.17, 15) is 18.8 Å². The van der Waals surface area contributed by atoms with E-state index in [1.807, 2.05) is 0 Å². The van der Waals surface area contributed by atoms with Gasteiger partial charge in [0.25, 0.3) is 5.56 Å². The summed E-state index contributed by atoms with van der Waals surface area (Å²) in [5.41, 5.74) is 8.16. The van der Waals surface area contributed by atoms with Crippen molar-refractivity contribution in [3.05, 3.63) is 29.3 Å². The number of aromatic amines is 1. The van der Waals surface area contributed by atoms with Crippen LogP contribution >= 0.6 is 26.9 Å². The van der Waals surface area contributed by atoms with Crippen molar-refractivity contribution in [1.82, 2.24) is 39.0 Å². The molecule has 248 valence electrons. The van der Waals surface area contributed by atoms with Crippen molar-refractivity contribution in [1.29, 1.82) is 0 Å². The lowest BCUT2D eigenvalue weighted by Crippen LogP contribution is -2.45. The van der Waals surface area contributed by atoms with Gasteiger partial charge in [0.05, 0.1) is 32.5 Å². The Hall–Kier alpha value is -3.45. The molecule has 4 bridgehead atoms. The Balaban J connectivity index is 1.16. The van der Waals surface area contributed by atoms with Crippen molar-refractivity contribution in [2.45, 2.75) is 48.4 Å². The summed E-state index contributed by atoms with van der Waals surface area (Å²) < 4.78 is 71.2. The molecule has 9 atom stereocenters. The molecule has 24 heteroatoms. The van der Waals surface area contributed by atoms with Gasteiger partial charge in [0.15, 0.2) is 40.7 Å². The molecule has 8 rings (SSSR count). The lowest BCUT2D eigenvalue weighted by Gasteiger charge is -2.32. The Bertz CT molecular complexity index is 2140. The number of nitrogen functional groups attached to an aromatic ring is 2. The number of rotatable bonds is 2. The number of imidazole rings is 2. The van der Waals surface area contributed by atoms with E-state index < -0.39 is 75.4 Å². The zero-order valence-electron chi connectivity index (χ0n) is 23.7. The molecule has 4 fully saturated rings. The molecule has 8 heterocycles. The predicted octanol–water partition coefficient (Wildman–Crippen LogP) is 0.0367. The largest absolute Gasteiger partial charge is 0.472 e. The van der Waals surface area contributed by atoms with E-state index in [2.05, 4.69) is 48.1 Å². The molecule has 0 spiro atoms. The van der Waals surface area contributed by atoms with Crippen LogP contribution in [0, 0.1) is 12.3 Å². The molecule has 4 aliphatic heterocycles. The van der Waals surface area contributed by atoms with E-state index in [0.717, 1.165) is 0 Å². The summed E-state index contributed by atoms with van der Waals surface area (Å²) in [6.45, 7) is -5.76. The number of ether oxygens (including phenoxy) is 3. The number of H-pyrrole nitrogens is 1. The number of fused-ring (bicyclic) bond motifs is 4. The number of nitrogens with one attached hydrogen (secondary N) is 1. The van der Waals surface area contributed by atoms with Crippen LogP contribution in [0.5, 0.6) is 0 Å². The highest BCUT2D eigenvalue weighted by molar-refractivity contribution is 8.44. The van der Waals surface area contributed by atoms with Crippen LogP contribution in [-0.4, -0.2) is 93.3 Å². The summed E-state index contributed by atoms with van der Waals surface area (Å²) in [6.07, 6.45) is 3.63. The predicted molar refractivity (Wildman–Crippen MR) is 159 cm³/mol. The average molecular weight is 711 g/mol. The molecular formula is C23H24N10O11P2S. The van der Waals surface area contributed by atoms with E-state index in [4.69, 9.17) is 50.2 Å². The maximum Gasteiger partial charge on any atom is 0.472 e. The van der Waals surface area contributed by atoms with Gasteiger partial charge in [-0.25, -0.2) is 29.1 Å². The second-order valence-corrected chi connectivity index (χ2v) is 15.5. The van der Waals surface area contributed by atoms with Crippen LogP contribution in [0.25, 0.3) is 22.3 Å². The minimum atomic E-state index is -4.96. The highest BCUT2D eigenvalue weighted by Crippen LogP contribution is 2.61. The van der Waals surface area contributed by atoms with Gasteiger partial charge in [-0.1, -0.05) is 18.2 Å². The summed E-state index contributed by atoms with van der Waals surface area (Å²) in [6, 6.07) is 0. The van der Waals surface area contributed by atoms with Crippen LogP contribution in [0.3, 0.4) is 0 Å². The van der Waals surface area contributed by atoms with Gasteiger partial charge in [-0.15, -0.1) is 6.42 Å². The van der Waals surface area contributed by atoms with Crippen LogP contribution in [0.15, 0.2) is 23.8 Å². The zero-order valence-corrected chi connectivity index (χ0v) is 26.4. The van der Waals surface area contributed by atoms with Crippen LogP contribution in [-0.2, 0) is 41.4 Å². The minimum absolute atomic E-state index is 0.00823. The van der Waals surface area contributed by atoms with E-state index in [1.54, 1.807) is 0 Å². The highest BCUT2D eigenvalue weighted by Gasteiger charge is 2.66. The number of phosphoric ester groups is 1. The first-order valence-electron chi connectivity index (χ1n) is 13.7. The molecule has 6 N–H and O–H groups in total. The smallest absolute Gasteiger partial charge is 0.382 e. The van der Waals surface area contributed by atoms with Gasteiger partial charge in [-0.05, 0) is 0 Å². The first-order valence-corrected chi connectivity index (χ1v) is 17.9. The van der Waals surface area contributed by atoms with Crippen molar-refractivity contribution in [2.75, 3.05) is 31.3 Å². The Morgan fingerprint density at radius 3 is 2.57 bits per heavy atom. The zero-order chi connectivity index (χ0) is 32.9. The standard InChI is InChI=1S/C23H24N10O11P2S/c1-2-22-3-10(19(41-22)33-9-29-12-17(33)30-21(25)31-18(12)34)43-46(37,47)40-6-23-5-38-13(14(23)44-45(35,36)39-4-22)20(42-23)32-8-28-11-15(24)26-7-27-16(11)32/h1,7-10,13-14,19-20H,3-6H2,(H,35,36)(H,37,47)(H2,24,26,27)(H3,25,30,31,34)/t10-,13-,14+,19-,20-,22+,23-,46-/m1/s1. The molecule has 0 amide bonds. The van der Waals surface area contributed by atoms with Gasteiger partial charge >= 0.3 is 14.6 Å². The Morgan fingerprint density at radius 1 is 1.02 bits per heavy atom. The molecule has 1 unspecified atom stereocenters. The van der Waals surface area contributed by atoms with E-state index >= 15 is 0 Å². The normalized spacial score (nSPS) is 38.9. The average Bonchev–Trinajstić information content (AvgIpc) is 3.83. The number of nitrogens with two attached hydrogens (primary N) is 2. The van der Waals surface area contributed by atoms with Gasteiger partial charge in [-0.3, -0.25) is 37.0 Å². The molecule has 0 radical (unpaired) electrons. The summed E-state index contributed by atoms with van der Waals surface area (Å²) in [5.74, 6) is 2.33. The molecule has 4 saturated heterocycles. The number of hydrogen-bond acceptors (Lipinski definition) is 17. The lowest BCUT2D eigenvalue weighted by molar-refractivity contribution is -0.183. The topological polar surface area (TPSA) is 278 Å². The van der Waals surface area contributed by atoms with Gasteiger partial charge < -0.3 is 30.6 Å². The van der Waals surface area contributed by atoms with Crippen LogP contribution < -0.4 is 17.0 Å².